The summed E-state index contributed by atoms with van der Waals surface area (Å²) < 4.78 is 1.14. The topological polar surface area (TPSA) is 12.4 Å². The fraction of sp³-hybridized carbons (Fsp3) is 0.333. The van der Waals surface area contributed by atoms with Gasteiger partial charge in [-0.2, -0.15) is 0 Å². The Morgan fingerprint density at radius 3 is 2.46 bits per heavy atom. The number of nitrogens with zero attached hydrogens (tertiary/aromatic N) is 1. The van der Waals surface area contributed by atoms with E-state index in [4.69, 9.17) is 6.72 Å². The van der Waals surface area contributed by atoms with Gasteiger partial charge in [0, 0.05) is 18.6 Å². The van der Waals surface area contributed by atoms with Crippen molar-refractivity contribution in [1.29, 1.82) is 0 Å². The number of hydrogen-bond donors (Lipinski definition) is 0. The summed E-state index contributed by atoms with van der Waals surface area (Å²) in [5, 5.41) is 0. The summed E-state index contributed by atoms with van der Waals surface area (Å²) in [5.74, 6) is 0. The molecule has 4 heteroatoms. The Morgan fingerprint density at radius 1 is 1.62 bits per heavy atom. The van der Waals surface area contributed by atoms with Gasteiger partial charge in [0.15, 0.2) is 0 Å². The Morgan fingerprint density at radius 2 is 2.15 bits per heavy atom. The van der Waals surface area contributed by atoms with Crippen LogP contribution in [0, 0.1) is 43.3 Å². The van der Waals surface area contributed by atoms with Gasteiger partial charge in [0.2, 0.25) is 0 Å². The van der Waals surface area contributed by atoms with E-state index < -0.39 is 0 Å². The number of aliphatic imine (C=N–C) groups is 1. The van der Waals surface area contributed by atoms with Crippen molar-refractivity contribution in [3.8, 4) is 0 Å². The van der Waals surface area contributed by atoms with Crippen LogP contribution < -0.4 is 0 Å². The second-order valence-corrected chi connectivity index (χ2v) is 4.08. The van der Waals surface area contributed by atoms with Crippen molar-refractivity contribution in [2.45, 2.75) is 20.3 Å². The first kappa shape index (κ1) is 19.8. The summed E-state index contributed by atoms with van der Waals surface area (Å²) in [6.07, 6.45) is 8.56. The van der Waals surface area contributed by atoms with Crippen molar-refractivity contribution < 1.29 is 69.0 Å². The summed E-state index contributed by atoms with van der Waals surface area (Å²) in [4.78, 5) is 3.58. The van der Waals surface area contributed by atoms with Crippen molar-refractivity contribution in [3.63, 3.8) is 0 Å². The fourth-order valence-corrected chi connectivity index (χ4v) is 0.852. The Hall–Kier alpha value is 1.34. The van der Waals surface area contributed by atoms with Crippen LogP contribution >= 0.6 is 0 Å². The van der Waals surface area contributed by atoms with Crippen LogP contribution in [-0.4, -0.2) is 10.6 Å². The van der Waals surface area contributed by atoms with E-state index in [1.54, 1.807) is 6.08 Å². The molecule has 13 heavy (non-hydrogen) atoms. The first-order valence-electron chi connectivity index (χ1n) is 3.32. The van der Waals surface area contributed by atoms with Crippen LogP contribution in [-0.2, 0) is 37.9 Å². The van der Waals surface area contributed by atoms with Crippen LogP contribution in [0.2, 0.25) is 0 Å². The van der Waals surface area contributed by atoms with Gasteiger partial charge in [-0.3, -0.25) is 0 Å². The third kappa shape index (κ3) is 11.3. The van der Waals surface area contributed by atoms with E-state index in [9.17, 15) is 0 Å². The van der Waals surface area contributed by atoms with Gasteiger partial charge < -0.3 is 0 Å². The van der Waals surface area contributed by atoms with Crippen LogP contribution in [0.5, 0.6) is 0 Å². The van der Waals surface area contributed by atoms with Gasteiger partial charge >= 0.3 is 110 Å². The fourth-order valence-electron chi connectivity index (χ4n) is 0.451. The minimum absolute atomic E-state index is 0. The van der Waals surface area contributed by atoms with E-state index in [-0.39, 0.29) is 49.7 Å². The maximum absolute atomic E-state index is 5.13. The summed E-state index contributed by atoms with van der Waals surface area (Å²) in [6, 6.07) is 0. The molecule has 0 saturated heterocycles. The van der Waals surface area contributed by atoms with Crippen molar-refractivity contribution in [1.82, 2.24) is 0 Å². The van der Waals surface area contributed by atoms with Crippen molar-refractivity contribution >= 4 is 10.6 Å². The maximum atomic E-state index is 5.13. The Kier molecular flexibility index (Phi) is 20.4. The van der Waals surface area contributed by atoms with Crippen LogP contribution in [0.15, 0.2) is 16.8 Å². The number of hydrogen-bond acceptors (Lipinski definition) is 1. The molecule has 0 aromatic heterocycles. The number of allylic oxidation sites excluding steroid dienone is 4. The van der Waals surface area contributed by atoms with Gasteiger partial charge in [0.1, 0.15) is 0 Å². The molecule has 0 aliphatic heterocycles. The molecule has 0 fully saturated rings. The van der Waals surface area contributed by atoms with Crippen molar-refractivity contribution in [3.05, 3.63) is 23.9 Å². The van der Waals surface area contributed by atoms with E-state index in [0.29, 0.717) is 0 Å². The predicted molar refractivity (Wildman–Crippen MR) is 44.0 cm³/mol. The summed E-state index contributed by atoms with van der Waals surface area (Å²) in [5.41, 5.74) is 0.737. The summed E-state index contributed by atoms with van der Waals surface area (Å²) in [7, 11) is 0. The van der Waals surface area contributed by atoms with Crippen LogP contribution in [0.4, 0.5) is 0 Å². The van der Waals surface area contributed by atoms with Crippen LogP contribution in [0.1, 0.15) is 20.3 Å². The minimum Gasteiger partial charge on any atom is 0 e. The molecule has 67 valence electrons. The van der Waals surface area contributed by atoms with Gasteiger partial charge in [-0.05, 0) is 0 Å². The molecule has 0 rings (SSSR count). The maximum Gasteiger partial charge on any atom is 2.00 e. The summed E-state index contributed by atoms with van der Waals surface area (Å²) >= 11 is 1.36. The molecule has 0 aromatic carbocycles. The molecule has 0 aromatic rings. The average Bonchev–Trinajstić information content (AvgIpc) is 1.97. The number of rotatable bonds is 4. The van der Waals surface area contributed by atoms with Crippen LogP contribution in [0.25, 0.3) is 0 Å². The molecule has 0 bridgehead atoms. The van der Waals surface area contributed by atoms with E-state index in [1.807, 2.05) is 13.8 Å². The third-order valence-electron chi connectivity index (χ3n) is 0.978. The zero-order valence-corrected chi connectivity index (χ0v) is 16.2. The molecule has 0 atom stereocenters. The smallest absolute Gasteiger partial charge is 0 e. The van der Waals surface area contributed by atoms with Gasteiger partial charge in [-0.15, -0.1) is 0 Å². The molecule has 0 heterocycles. The van der Waals surface area contributed by atoms with Crippen LogP contribution in [0.3, 0.4) is 0 Å². The first-order valence-corrected chi connectivity index (χ1v) is 4.79. The normalized spacial score (nSPS) is 10.2. The van der Waals surface area contributed by atoms with Crippen molar-refractivity contribution in [2.24, 2.45) is 4.99 Å². The quantitative estimate of drug-likeness (QED) is 0.264. The molecule has 0 spiro atoms. The van der Waals surface area contributed by atoms with Gasteiger partial charge in [0.05, 0.1) is 0 Å². The molecule has 0 N–H and O–H groups in total. The molecule has 0 aliphatic carbocycles. The molecular weight excluding hydrogens is 595 g/mol. The molecule has 0 aliphatic rings. The standard InChI is InChI=1S/C9H10N.U.V.W/c1-4-6-7-8-9(5-2)10-3;;;/h3,7H,4H2,1-2H3;;;/q-3;+2;;. The second kappa shape index (κ2) is 13.3. The Balaban J connectivity index is -0.000000500. The molecule has 1 nitrogen and oxygen atoms in total. The Labute approximate surface area is 127 Å². The van der Waals surface area contributed by atoms with Crippen molar-refractivity contribution in [2.75, 3.05) is 0 Å². The predicted octanol–water partition coefficient (Wildman–Crippen LogP) is 1.76. The molecule has 0 unspecified atom stereocenters. The Bertz CT molecular complexity index is 212. The molecule has 0 amide bonds. The second-order valence-electron chi connectivity index (χ2n) is 1.88. The van der Waals surface area contributed by atoms with E-state index in [1.165, 1.54) is 19.4 Å². The van der Waals surface area contributed by atoms with E-state index in [0.717, 1.165) is 16.0 Å². The molecule has 0 saturated carbocycles. The van der Waals surface area contributed by atoms with Gasteiger partial charge in [0.25, 0.3) is 0 Å². The van der Waals surface area contributed by atoms with E-state index >= 15 is 0 Å². The minimum atomic E-state index is 0. The van der Waals surface area contributed by atoms with E-state index in [2.05, 4.69) is 17.1 Å². The average molecular weight is 605 g/mol. The van der Waals surface area contributed by atoms with Gasteiger partial charge in [-0.25, -0.2) is 0 Å². The SMILES string of the molecule is [CH-]=NC(=[C-]C=[C-]CC)[C](C)=[W].[U+2].[V]. The monoisotopic (exact) mass is 605 g/mol. The van der Waals surface area contributed by atoms with Gasteiger partial charge in [-0.1, -0.05) is 0 Å². The summed E-state index contributed by atoms with van der Waals surface area (Å²) in [6.45, 7) is 9.13. The zero-order valence-electron chi connectivity index (χ0n) is 7.66. The molecular formula is C9H10NUVW-. The first-order chi connectivity index (χ1) is 5.22. The zero-order chi connectivity index (χ0) is 8.69. The largest absolute Gasteiger partial charge is 2.00 e. The molecule has 1 radical (unpaired) electrons. The third-order valence-corrected chi connectivity index (χ3v) is 1.67.